The van der Waals surface area contributed by atoms with E-state index in [0.717, 1.165) is 44.0 Å². The van der Waals surface area contributed by atoms with Crippen molar-refractivity contribution in [1.82, 2.24) is 15.1 Å². The van der Waals surface area contributed by atoms with Gasteiger partial charge in [-0.25, -0.2) is 0 Å². The number of aliphatic hydroxyl groups excluding tert-OH is 1. The van der Waals surface area contributed by atoms with Gasteiger partial charge in [-0.2, -0.15) is 5.10 Å². The number of aromatic nitrogens is 2. The van der Waals surface area contributed by atoms with Gasteiger partial charge in [0.1, 0.15) is 5.82 Å². The number of piperidine rings is 1. The van der Waals surface area contributed by atoms with Gasteiger partial charge in [-0.1, -0.05) is 13.8 Å². The molecule has 1 aliphatic heterocycles. The molecule has 2 heterocycles. The molecule has 1 saturated heterocycles. The van der Waals surface area contributed by atoms with Gasteiger partial charge in [-0.3, -0.25) is 0 Å². The number of hydrogen-bond acceptors (Lipinski definition) is 5. The molecule has 106 valence electrons. The Morgan fingerprint density at radius 2 is 2.05 bits per heavy atom. The second kappa shape index (κ2) is 6.82. The zero-order chi connectivity index (χ0) is 13.7. The minimum absolute atomic E-state index is 0.250. The molecule has 0 atom stereocenters. The summed E-state index contributed by atoms with van der Waals surface area (Å²) in [5.41, 5.74) is 1.03. The normalized spacial score (nSPS) is 17.9. The Hall–Kier alpha value is -1.20. The molecule has 5 heteroatoms. The second-order valence-electron chi connectivity index (χ2n) is 5.48. The van der Waals surface area contributed by atoms with Gasteiger partial charge in [0.2, 0.25) is 0 Å². The standard InChI is InChI=1S/C14H24N4O/c1-11(2)13-3-4-14(17-16-13)15-12-5-7-18(8-6-12)9-10-19/h3-4,11-12,19H,5-10H2,1-2H3,(H,15,17). The van der Waals surface area contributed by atoms with Crippen LogP contribution in [0.4, 0.5) is 5.82 Å². The lowest BCUT2D eigenvalue weighted by atomic mass is 10.1. The van der Waals surface area contributed by atoms with Crippen LogP contribution in [0.15, 0.2) is 12.1 Å². The van der Waals surface area contributed by atoms with Crippen LogP contribution in [0, 0.1) is 0 Å². The lowest BCUT2D eigenvalue weighted by Gasteiger charge is -2.31. The highest BCUT2D eigenvalue weighted by molar-refractivity contribution is 5.34. The van der Waals surface area contributed by atoms with E-state index in [9.17, 15) is 0 Å². The maximum atomic E-state index is 8.91. The Labute approximate surface area is 115 Å². The highest BCUT2D eigenvalue weighted by Crippen LogP contribution is 2.16. The number of likely N-dealkylation sites (tertiary alicyclic amines) is 1. The molecule has 1 aromatic heterocycles. The summed E-state index contributed by atoms with van der Waals surface area (Å²) in [6.45, 7) is 7.35. The number of hydrogen-bond donors (Lipinski definition) is 2. The molecule has 2 rings (SSSR count). The first-order chi connectivity index (χ1) is 9.19. The van der Waals surface area contributed by atoms with Crippen molar-refractivity contribution in [3.8, 4) is 0 Å². The molecule has 5 nitrogen and oxygen atoms in total. The van der Waals surface area contributed by atoms with Crippen molar-refractivity contribution < 1.29 is 5.11 Å². The number of β-amino-alcohol motifs (C(OH)–C–C–N with tert-alkyl or cyclic N) is 1. The number of rotatable bonds is 5. The molecule has 0 bridgehead atoms. The van der Waals surface area contributed by atoms with Crippen LogP contribution in [0.2, 0.25) is 0 Å². The van der Waals surface area contributed by atoms with Gasteiger partial charge >= 0.3 is 0 Å². The van der Waals surface area contributed by atoms with E-state index in [4.69, 9.17) is 5.11 Å². The van der Waals surface area contributed by atoms with Gasteiger partial charge in [0.15, 0.2) is 0 Å². The molecule has 0 amide bonds. The molecule has 1 fully saturated rings. The summed E-state index contributed by atoms with van der Waals surface area (Å²) in [5, 5.41) is 20.8. The fourth-order valence-corrected chi connectivity index (χ4v) is 2.38. The monoisotopic (exact) mass is 264 g/mol. The average molecular weight is 264 g/mol. The number of anilines is 1. The summed E-state index contributed by atoms with van der Waals surface area (Å²) in [7, 11) is 0. The van der Waals surface area contributed by atoms with E-state index < -0.39 is 0 Å². The molecule has 0 aromatic carbocycles. The third kappa shape index (κ3) is 4.14. The molecule has 0 unspecified atom stereocenters. The average Bonchev–Trinajstić information content (AvgIpc) is 2.42. The molecule has 1 aliphatic rings. The van der Waals surface area contributed by atoms with Crippen LogP contribution in [-0.4, -0.2) is 52.5 Å². The fourth-order valence-electron chi connectivity index (χ4n) is 2.38. The van der Waals surface area contributed by atoms with Crippen LogP contribution in [0.25, 0.3) is 0 Å². The largest absolute Gasteiger partial charge is 0.395 e. The van der Waals surface area contributed by atoms with Crippen LogP contribution in [-0.2, 0) is 0 Å². The fraction of sp³-hybridized carbons (Fsp3) is 0.714. The van der Waals surface area contributed by atoms with E-state index >= 15 is 0 Å². The van der Waals surface area contributed by atoms with Gasteiger partial charge in [0.25, 0.3) is 0 Å². The minimum atomic E-state index is 0.250. The van der Waals surface area contributed by atoms with Crippen molar-refractivity contribution >= 4 is 5.82 Å². The SMILES string of the molecule is CC(C)c1ccc(NC2CCN(CCO)CC2)nn1. The van der Waals surface area contributed by atoms with Gasteiger partial charge in [0, 0.05) is 25.7 Å². The Bertz CT molecular complexity index is 372. The van der Waals surface area contributed by atoms with Crippen molar-refractivity contribution in [2.75, 3.05) is 31.6 Å². The zero-order valence-corrected chi connectivity index (χ0v) is 11.8. The van der Waals surface area contributed by atoms with Crippen LogP contribution in [0.5, 0.6) is 0 Å². The van der Waals surface area contributed by atoms with Crippen LogP contribution < -0.4 is 5.32 Å². The Morgan fingerprint density at radius 1 is 1.32 bits per heavy atom. The molecular formula is C14H24N4O. The summed E-state index contributed by atoms with van der Waals surface area (Å²) >= 11 is 0. The molecule has 2 N–H and O–H groups in total. The maximum absolute atomic E-state index is 8.91. The highest BCUT2D eigenvalue weighted by atomic mass is 16.3. The molecular weight excluding hydrogens is 240 g/mol. The van der Waals surface area contributed by atoms with Crippen molar-refractivity contribution in [1.29, 1.82) is 0 Å². The predicted octanol–water partition coefficient (Wildman–Crippen LogP) is 1.47. The van der Waals surface area contributed by atoms with Crippen molar-refractivity contribution in [2.24, 2.45) is 0 Å². The highest BCUT2D eigenvalue weighted by Gasteiger charge is 2.18. The van der Waals surface area contributed by atoms with E-state index in [1.807, 2.05) is 12.1 Å². The van der Waals surface area contributed by atoms with E-state index in [0.29, 0.717) is 12.0 Å². The molecule has 0 saturated carbocycles. The van der Waals surface area contributed by atoms with Gasteiger partial charge in [-0.15, -0.1) is 5.10 Å². The summed E-state index contributed by atoms with van der Waals surface area (Å²) in [6, 6.07) is 4.53. The smallest absolute Gasteiger partial charge is 0.148 e. The van der Waals surface area contributed by atoms with Crippen LogP contribution in [0.1, 0.15) is 38.3 Å². The second-order valence-corrected chi connectivity index (χ2v) is 5.48. The number of aliphatic hydroxyl groups is 1. The first kappa shape index (κ1) is 14.2. The van der Waals surface area contributed by atoms with Gasteiger partial charge in [-0.05, 0) is 30.9 Å². The lowest BCUT2D eigenvalue weighted by molar-refractivity contribution is 0.168. The van der Waals surface area contributed by atoms with Crippen molar-refractivity contribution in [2.45, 2.75) is 38.6 Å². The summed E-state index contributed by atoms with van der Waals surface area (Å²) < 4.78 is 0. The third-order valence-electron chi connectivity index (χ3n) is 3.63. The molecule has 19 heavy (non-hydrogen) atoms. The molecule has 1 aromatic rings. The lowest BCUT2D eigenvalue weighted by Crippen LogP contribution is -2.40. The Balaban J connectivity index is 1.82. The van der Waals surface area contributed by atoms with Crippen LogP contribution >= 0.6 is 0 Å². The molecule has 0 aliphatic carbocycles. The first-order valence-corrected chi connectivity index (χ1v) is 7.12. The Kier molecular flexibility index (Phi) is 5.10. The summed E-state index contributed by atoms with van der Waals surface area (Å²) in [5.74, 6) is 1.29. The number of nitrogens with one attached hydrogen (secondary N) is 1. The van der Waals surface area contributed by atoms with Crippen molar-refractivity contribution in [3.63, 3.8) is 0 Å². The van der Waals surface area contributed by atoms with E-state index in [1.54, 1.807) is 0 Å². The van der Waals surface area contributed by atoms with Gasteiger partial charge in [0.05, 0.1) is 12.3 Å². The quantitative estimate of drug-likeness (QED) is 0.843. The molecule has 0 radical (unpaired) electrons. The van der Waals surface area contributed by atoms with E-state index in [1.165, 1.54) is 0 Å². The van der Waals surface area contributed by atoms with Gasteiger partial charge < -0.3 is 15.3 Å². The minimum Gasteiger partial charge on any atom is -0.395 e. The predicted molar refractivity (Wildman–Crippen MR) is 76.3 cm³/mol. The third-order valence-corrected chi connectivity index (χ3v) is 3.63. The van der Waals surface area contributed by atoms with E-state index in [-0.39, 0.29) is 6.61 Å². The van der Waals surface area contributed by atoms with Crippen molar-refractivity contribution in [3.05, 3.63) is 17.8 Å². The van der Waals surface area contributed by atoms with E-state index in [2.05, 4.69) is 34.3 Å². The molecule has 0 spiro atoms. The maximum Gasteiger partial charge on any atom is 0.148 e. The number of nitrogens with zero attached hydrogens (tertiary/aromatic N) is 3. The zero-order valence-electron chi connectivity index (χ0n) is 11.8. The van der Waals surface area contributed by atoms with Crippen LogP contribution in [0.3, 0.4) is 0 Å². The summed E-state index contributed by atoms with van der Waals surface area (Å²) in [4.78, 5) is 2.30. The topological polar surface area (TPSA) is 61.3 Å². The summed E-state index contributed by atoms with van der Waals surface area (Å²) in [6.07, 6.45) is 2.18. The Morgan fingerprint density at radius 3 is 2.58 bits per heavy atom. The first-order valence-electron chi connectivity index (χ1n) is 7.12.